The topological polar surface area (TPSA) is 18.5 Å². The lowest BCUT2D eigenvalue weighted by Gasteiger charge is -2.29. The molecule has 1 unspecified atom stereocenters. The number of hydrogen-bond donors (Lipinski definition) is 1. The molecule has 1 aliphatic heterocycles. The van der Waals surface area contributed by atoms with Crippen molar-refractivity contribution in [2.45, 2.75) is 45.3 Å². The average Bonchev–Trinajstić information content (AvgIpc) is 2.82. The Kier molecular flexibility index (Phi) is 6.08. The average molecular weight is 354 g/mol. The molecule has 1 N–H and O–H groups in total. The van der Waals surface area contributed by atoms with Crippen molar-refractivity contribution in [3.8, 4) is 0 Å². The summed E-state index contributed by atoms with van der Waals surface area (Å²) in [5.41, 5.74) is 2.70. The van der Waals surface area contributed by atoms with Crippen molar-refractivity contribution >= 4 is 21.6 Å². The Morgan fingerprint density at radius 2 is 2.19 bits per heavy atom. The van der Waals surface area contributed by atoms with Crippen LogP contribution < -0.4 is 10.2 Å². The number of hydrogen-bond acceptors (Lipinski definition) is 3. The van der Waals surface area contributed by atoms with Crippen LogP contribution in [0.25, 0.3) is 0 Å². The molecule has 0 aromatic heterocycles. The first-order valence-electron chi connectivity index (χ1n) is 7.90. The molecule has 1 aromatic carbocycles. The van der Waals surface area contributed by atoms with Crippen LogP contribution in [-0.4, -0.2) is 44.2 Å². The zero-order chi connectivity index (χ0) is 15.4. The molecular weight excluding hydrogens is 326 g/mol. The van der Waals surface area contributed by atoms with Gasteiger partial charge in [-0.25, -0.2) is 0 Å². The Balaban J connectivity index is 2.10. The van der Waals surface area contributed by atoms with E-state index < -0.39 is 0 Å². The number of benzene rings is 1. The van der Waals surface area contributed by atoms with Gasteiger partial charge in [-0.2, -0.15) is 0 Å². The molecule has 0 radical (unpaired) electrons. The van der Waals surface area contributed by atoms with Crippen LogP contribution in [0.2, 0.25) is 0 Å². The molecule has 1 aliphatic rings. The van der Waals surface area contributed by atoms with E-state index in [4.69, 9.17) is 0 Å². The molecule has 0 spiro atoms. The van der Waals surface area contributed by atoms with Crippen molar-refractivity contribution in [2.75, 3.05) is 32.1 Å². The Bertz CT molecular complexity index is 461. The molecule has 1 heterocycles. The Labute approximate surface area is 137 Å². The molecule has 0 aliphatic carbocycles. The highest BCUT2D eigenvalue weighted by Gasteiger charge is 2.23. The number of likely N-dealkylation sites (N-methyl/N-ethyl adjacent to an activating group) is 2. The minimum atomic E-state index is 0.507. The lowest BCUT2D eigenvalue weighted by molar-refractivity contribution is 0.314. The lowest BCUT2D eigenvalue weighted by Crippen LogP contribution is -2.37. The highest BCUT2D eigenvalue weighted by Crippen LogP contribution is 2.26. The summed E-state index contributed by atoms with van der Waals surface area (Å²) in [5, 5.41) is 3.53. The minimum Gasteiger partial charge on any atom is -0.373 e. The number of nitrogens with one attached hydrogen (secondary N) is 1. The number of anilines is 1. The third kappa shape index (κ3) is 4.70. The molecule has 4 heteroatoms. The van der Waals surface area contributed by atoms with Gasteiger partial charge < -0.3 is 15.1 Å². The Hall–Kier alpha value is -0.580. The number of halogens is 1. The van der Waals surface area contributed by atoms with Crippen molar-refractivity contribution < 1.29 is 0 Å². The maximum atomic E-state index is 3.61. The second kappa shape index (κ2) is 7.61. The summed E-state index contributed by atoms with van der Waals surface area (Å²) in [6.07, 6.45) is 2.64. The largest absolute Gasteiger partial charge is 0.373 e. The number of rotatable bonds is 6. The second-order valence-corrected chi connectivity index (χ2v) is 7.38. The number of nitrogens with zero attached hydrogens (tertiary/aromatic N) is 2. The van der Waals surface area contributed by atoms with Gasteiger partial charge in [0, 0.05) is 42.4 Å². The highest BCUT2D eigenvalue weighted by atomic mass is 79.9. The summed E-state index contributed by atoms with van der Waals surface area (Å²) in [6.45, 7) is 7.64. The molecule has 1 fully saturated rings. The first-order valence-corrected chi connectivity index (χ1v) is 8.70. The van der Waals surface area contributed by atoms with Crippen LogP contribution in [0.5, 0.6) is 0 Å². The summed E-state index contributed by atoms with van der Waals surface area (Å²) < 4.78 is 1.15. The van der Waals surface area contributed by atoms with Crippen molar-refractivity contribution in [3.63, 3.8) is 0 Å². The number of likely N-dealkylation sites (tertiary alicyclic amines) is 1. The van der Waals surface area contributed by atoms with Crippen molar-refractivity contribution in [3.05, 3.63) is 28.2 Å². The molecule has 0 bridgehead atoms. The smallest absolute Gasteiger partial charge is 0.0421 e. The predicted molar refractivity (Wildman–Crippen MR) is 95.0 cm³/mol. The van der Waals surface area contributed by atoms with E-state index in [1.165, 1.54) is 30.6 Å². The molecule has 3 nitrogen and oxygen atoms in total. The van der Waals surface area contributed by atoms with Crippen LogP contribution >= 0.6 is 15.9 Å². The molecule has 2 rings (SSSR count). The van der Waals surface area contributed by atoms with Gasteiger partial charge in [0.1, 0.15) is 0 Å². The van der Waals surface area contributed by atoms with E-state index in [0.717, 1.165) is 17.6 Å². The van der Waals surface area contributed by atoms with Crippen LogP contribution in [0.3, 0.4) is 0 Å². The van der Waals surface area contributed by atoms with Crippen molar-refractivity contribution in [2.24, 2.45) is 0 Å². The minimum absolute atomic E-state index is 0.507. The Morgan fingerprint density at radius 3 is 2.81 bits per heavy atom. The van der Waals surface area contributed by atoms with Gasteiger partial charge in [0.15, 0.2) is 0 Å². The van der Waals surface area contributed by atoms with Gasteiger partial charge in [-0.05, 0) is 44.1 Å². The molecular formula is C17H28BrN3. The van der Waals surface area contributed by atoms with Gasteiger partial charge in [-0.1, -0.05) is 35.8 Å². The summed E-state index contributed by atoms with van der Waals surface area (Å²) in [6, 6.07) is 7.79. The lowest BCUT2D eigenvalue weighted by atomic mass is 10.1. The van der Waals surface area contributed by atoms with E-state index in [9.17, 15) is 0 Å². The van der Waals surface area contributed by atoms with E-state index in [-0.39, 0.29) is 0 Å². The molecule has 21 heavy (non-hydrogen) atoms. The van der Waals surface area contributed by atoms with E-state index in [2.05, 4.69) is 77.2 Å². The fourth-order valence-electron chi connectivity index (χ4n) is 2.98. The third-order valence-electron chi connectivity index (χ3n) is 4.32. The summed E-state index contributed by atoms with van der Waals surface area (Å²) in [7, 11) is 4.46. The SMILES string of the molecule is CC(C)NCc1ccc(Br)cc1N(C)CC1CCCN1C. The predicted octanol–water partition coefficient (Wildman–Crippen LogP) is 3.48. The van der Waals surface area contributed by atoms with Gasteiger partial charge >= 0.3 is 0 Å². The zero-order valence-corrected chi connectivity index (χ0v) is 15.3. The van der Waals surface area contributed by atoms with Crippen LogP contribution in [0.1, 0.15) is 32.3 Å². The van der Waals surface area contributed by atoms with Crippen LogP contribution in [-0.2, 0) is 6.54 Å². The van der Waals surface area contributed by atoms with Gasteiger partial charge in [0.2, 0.25) is 0 Å². The van der Waals surface area contributed by atoms with Crippen molar-refractivity contribution in [1.29, 1.82) is 0 Å². The molecule has 0 amide bonds. The quantitative estimate of drug-likeness (QED) is 0.844. The Morgan fingerprint density at radius 1 is 1.43 bits per heavy atom. The fourth-order valence-corrected chi connectivity index (χ4v) is 3.33. The monoisotopic (exact) mass is 353 g/mol. The van der Waals surface area contributed by atoms with Gasteiger partial charge in [-0.3, -0.25) is 0 Å². The van der Waals surface area contributed by atoms with E-state index in [1.807, 2.05) is 0 Å². The van der Waals surface area contributed by atoms with E-state index in [1.54, 1.807) is 0 Å². The standard InChI is InChI=1S/C17H28BrN3/c1-13(2)19-11-14-7-8-15(18)10-17(14)21(4)12-16-6-5-9-20(16)3/h7-8,10,13,16,19H,5-6,9,11-12H2,1-4H3. The van der Waals surface area contributed by atoms with Gasteiger partial charge in [0.25, 0.3) is 0 Å². The molecule has 1 saturated heterocycles. The molecule has 1 atom stereocenters. The first-order chi connectivity index (χ1) is 9.97. The van der Waals surface area contributed by atoms with Crippen molar-refractivity contribution in [1.82, 2.24) is 10.2 Å². The zero-order valence-electron chi connectivity index (χ0n) is 13.7. The summed E-state index contributed by atoms with van der Waals surface area (Å²) >= 11 is 3.61. The molecule has 118 valence electrons. The summed E-state index contributed by atoms with van der Waals surface area (Å²) in [5.74, 6) is 0. The highest BCUT2D eigenvalue weighted by molar-refractivity contribution is 9.10. The van der Waals surface area contributed by atoms with Crippen LogP contribution in [0.4, 0.5) is 5.69 Å². The van der Waals surface area contributed by atoms with E-state index in [0.29, 0.717) is 12.1 Å². The fraction of sp³-hybridized carbons (Fsp3) is 0.647. The molecule has 1 aromatic rings. The molecule has 0 saturated carbocycles. The first kappa shape index (κ1) is 16.8. The maximum Gasteiger partial charge on any atom is 0.0421 e. The third-order valence-corrected chi connectivity index (χ3v) is 4.81. The van der Waals surface area contributed by atoms with Crippen LogP contribution in [0, 0.1) is 0 Å². The maximum absolute atomic E-state index is 3.61. The normalized spacial score (nSPS) is 19.4. The van der Waals surface area contributed by atoms with Gasteiger partial charge in [0.05, 0.1) is 0 Å². The summed E-state index contributed by atoms with van der Waals surface area (Å²) in [4.78, 5) is 4.90. The second-order valence-electron chi connectivity index (χ2n) is 6.47. The van der Waals surface area contributed by atoms with E-state index >= 15 is 0 Å². The van der Waals surface area contributed by atoms with Crippen LogP contribution in [0.15, 0.2) is 22.7 Å². The van der Waals surface area contributed by atoms with Gasteiger partial charge in [-0.15, -0.1) is 0 Å².